The second kappa shape index (κ2) is 11.7. The zero-order chi connectivity index (χ0) is 37.9. The van der Waals surface area contributed by atoms with Crippen LogP contribution >= 0.6 is 0 Å². The second-order valence-electron chi connectivity index (χ2n) is 16.1. The van der Waals surface area contributed by atoms with E-state index >= 15 is 0 Å². The second-order valence-corrected chi connectivity index (χ2v) is 16.1. The van der Waals surface area contributed by atoms with Crippen LogP contribution in [-0.4, -0.2) is 14.5 Å². The number of hydrogen-bond acceptors (Lipinski definition) is 2. The highest BCUT2D eigenvalue weighted by atomic mass is 15.2. The highest BCUT2D eigenvalue weighted by molar-refractivity contribution is 6.13. The minimum absolute atomic E-state index is 0.339. The van der Waals surface area contributed by atoms with Gasteiger partial charge in [0.1, 0.15) is 0 Å². The molecule has 2 aromatic heterocycles. The van der Waals surface area contributed by atoms with Crippen LogP contribution in [-0.2, 0) is 10.8 Å². The van der Waals surface area contributed by atoms with Crippen LogP contribution in [0.1, 0.15) is 47.4 Å². The molecular weight excluding hydrogens is 691 g/mol. The van der Waals surface area contributed by atoms with E-state index in [1.165, 1.54) is 66.1 Å². The molecule has 3 nitrogen and oxygen atoms in total. The number of hydrogen-bond donors (Lipinski definition) is 0. The van der Waals surface area contributed by atoms with Gasteiger partial charge in [-0.1, -0.05) is 178 Å². The van der Waals surface area contributed by atoms with E-state index in [4.69, 9.17) is 9.97 Å². The molecule has 2 aliphatic rings. The molecule has 268 valence electrons. The van der Waals surface area contributed by atoms with E-state index in [1.54, 1.807) is 0 Å². The van der Waals surface area contributed by atoms with E-state index in [2.05, 4.69) is 206 Å². The summed E-state index contributed by atoms with van der Waals surface area (Å²) in [7, 11) is 0. The number of benzene rings is 8. The molecule has 0 fully saturated rings. The molecule has 0 amide bonds. The first kappa shape index (κ1) is 32.2. The molecule has 10 aromatic rings. The van der Waals surface area contributed by atoms with Crippen molar-refractivity contribution in [2.75, 3.05) is 0 Å². The number of rotatable bonds is 4. The molecule has 0 saturated heterocycles. The lowest BCUT2D eigenvalue weighted by atomic mass is 9.67. The summed E-state index contributed by atoms with van der Waals surface area (Å²) in [5, 5.41) is 4.81. The van der Waals surface area contributed by atoms with Crippen molar-refractivity contribution >= 4 is 32.6 Å². The molecule has 57 heavy (non-hydrogen) atoms. The van der Waals surface area contributed by atoms with Crippen LogP contribution < -0.4 is 0 Å². The molecule has 0 saturated carbocycles. The Hall–Kier alpha value is -7.10. The quantitative estimate of drug-likeness (QED) is 0.181. The van der Waals surface area contributed by atoms with E-state index in [1.807, 2.05) is 0 Å². The number of para-hydroxylation sites is 1. The van der Waals surface area contributed by atoms with Crippen molar-refractivity contribution in [1.82, 2.24) is 14.5 Å². The lowest BCUT2D eigenvalue weighted by Crippen LogP contribution is -2.28. The van der Waals surface area contributed by atoms with Gasteiger partial charge in [0.2, 0.25) is 5.95 Å². The average molecular weight is 728 g/mol. The van der Waals surface area contributed by atoms with Crippen LogP contribution in [0.2, 0.25) is 0 Å². The van der Waals surface area contributed by atoms with E-state index in [0.717, 1.165) is 33.5 Å². The Labute approximate surface area is 331 Å². The fraction of sp³-hybridized carbons (Fsp3) is 0.0741. The Bertz CT molecular complexity index is 3220. The van der Waals surface area contributed by atoms with Gasteiger partial charge in [0.15, 0.2) is 0 Å². The molecule has 3 heteroatoms. The van der Waals surface area contributed by atoms with Crippen molar-refractivity contribution in [1.29, 1.82) is 0 Å². The number of aromatic nitrogens is 3. The molecule has 2 aliphatic carbocycles. The van der Waals surface area contributed by atoms with Gasteiger partial charge in [0.05, 0.1) is 27.8 Å². The SMILES string of the molecule is CC1(C)c2ccccc2-c2c(-c3ccc4c(c3)C(c3ccccc3)(c3ccccc3)c3ccccc3-4)nc(-n3c4ccccc4c4cc5ccccc5cc43)nc21. The van der Waals surface area contributed by atoms with Crippen LogP contribution in [0.3, 0.4) is 0 Å². The highest BCUT2D eigenvalue weighted by Gasteiger charge is 2.47. The lowest BCUT2D eigenvalue weighted by molar-refractivity contribution is 0.632. The standard InChI is InChI=1S/C54H37N3/c1-53(2)44-26-14-12-25-42(44)49-50(55-52(56-51(49)53)57-47-28-16-13-24-41(47)43-31-34-17-9-10-18-35(34)33-48(43)57)36-29-30-40-39-23-11-15-27-45(39)54(46(40)32-36,37-19-5-3-6-20-37)38-21-7-4-8-22-38/h3-33H,1-2H3. The maximum Gasteiger partial charge on any atom is 0.235 e. The van der Waals surface area contributed by atoms with Gasteiger partial charge in [-0.15, -0.1) is 0 Å². The van der Waals surface area contributed by atoms with E-state index < -0.39 is 5.41 Å². The van der Waals surface area contributed by atoms with Gasteiger partial charge in [-0.2, -0.15) is 0 Å². The van der Waals surface area contributed by atoms with E-state index in [0.29, 0.717) is 5.95 Å². The van der Waals surface area contributed by atoms with Crippen LogP contribution in [0.4, 0.5) is 0 Å². The first-order valence-corrected chi connectivity index (χ1v) is 19.8. The summed E-state index contributed by atoms with van der Waals surface area (Å²) in [4.78, 5) is 11.3. The Balaban J connectivity index is 1.19. The van der Waals surface area contributed by atoms with Gasteiger partial charge in [0, 0.05) is 27.3 Å². The van der Waals surface area contributed by atoms with Crippen molar-refractivity contribution in [2.24, 2.45) is 0 Å². The summed E-state index contributed by atoms with van der Waals surface area (Å²) in [5.74, 6) is 0.687. The molecule has 0 unspecified atom stereocenters. The molecule has 0 aliphatic heterocycles. The van der Waals surface area contributed by atoms with Crippen LogP contribution in [0, 0.1) is 0 Å². The predicted octanol–water partition coefficient (Wildman–Crippen LogP) is 13.1. The summed E-state index contributed by atoms with van der Waals surface area (Å²) < 4.78 is 2.29. The zero-order valence-electron chi connectivity index (χ0n) is 31.7. The first-order chi connectivity index (χ1) is 28.0. The van der Waals surface area contributed by atoms with E-state index in [9.17, 15) is 0 Å². The summed E-state index contributed by atoms with van der Waals surface area (Å²) >= 11 is 0. The molecule has 2 heterocycles. The Morgan fingerprint density at radius 3 is 1.79 bits per heavy atom. The minimum Gasteiger partial charge on any atom is -0.278 e. The molecule has 0 bridgehead atoms. The van der Waals surface area contributed by atoms with Crippen molar-refractivity contribution in [3.05, 3.63) is 222 Å². The van der Waals surface area contributed by atoms with Crippen molar-refractivity contribution in [2.45, 2.75) is 24.7 Å². The Kier molecular flexibility index (Phi) is 6.61. The normalized spacial score (nSPS) is 14.4. The fourth-order valence-electron chi connectivity index (χ4n) is 10.3. The molecule has 0 radical (unpaired) electrons. The maximum absolute atomic E-state index is 5.72. The monoisotopic (exact) mass is 727 g/mol. The predicted molar refractivity (Wildman–Crippen MR) is 234 cm³/mol. The van der Waals surface area contributed by atoms with Crippen molar-refractivity contribution in [3.63, 3.8) is 0 Å². The van der Waals surface area contributed by atoms with Gasteiger partial charge in [-0.25, -0.2) is 9.97 Å². The number of fused-ring (bicyclic) bond motifs is 10. The van der Waals surface area contributed by atoms with Crippen LogP contribution in [0.15, 0.2) is 188 Å². The molecule has 0 spiro atoms. The third-order valence-corrected chi connectivity index (χ3v) is 12.8. The third kappa shape index (κ3) is 4.31. The molecule has 0 N–H and O–H groups in total. The lowest BCUT2D eigenvalue weighted by Gasteiger charge is -2.34. The van der Waals surface area contributed by atoms with Gasteiger partial charge >= 0.3 is 0 Å². The third-order valence-electron chi connectivity index (χ3n) is 12.8. The van der Waals surface area contributed by atoms with Crippen LogP contribution in [0.5, 0.6) is 0 Å². The minimum atomic E-state index is -0.519. The van der Waals surface area contributed by atoms with Crippen LogP contribution in [0.25, 0.3) is 72.0 Å². The Morgan fingerprint density at radius 1 is 0.439 bits per heavy atom. The first-order valence-electron chi connectivity index (χ1n) is 19.8. The van der Waals surface area contributed by atoms with Crippen molar-refractivity contribution < 1.29 is 0 Å². The topological polar surface area (TPSA) is 30.7 Å². The van der Waals surface area contributed by atoms with E-state index in [-0.39, 0.29) is 5.41 Å². The summed E-state index contributed by atoms with van der Waals surface area (Å²) in [6.07, 6.45) is 0. The number of nitrogens with zero attached hydrogens (tertiary/aromatic N) is 3. The molecule has 8 aromatic carbocycles. The van der Waals surface area contributed by atoms with Crippen molar-refractivity contribution in [3.8, 4) is 39.5 Å². The fourth-order valence-corrected chi connectivity index (χ4v) is 10.3. The molecular formula is C54H37N3. The smallest absolute Gasteiger partial charge is 0.235 e. The largest absolute Gasteiger partial charge is 0.278 e. The molecule has 12 rings (SSSR count). The summed E-state index contributed by atoms with van der Waals surface area (Å²) in [6, 6.07) is 68.8. The summed E-state index contributed by atoms with van der Waals surface area (Å²) in [5.41, 5.74) is 15.6. The average Bonchev–Trinajstić information content (AvgIpc) is 3.84. The van der Waals surface area contributed by atoms with Gasteiger partial charge in [-0.05, 0) is 79.5 Å². The van der Waals surface area contributed by atoms with Gasteiger partial charge < -0.3 is 0 Å². The summed E-state index contributed by atoms with van der Waals surface area (Å²) in [6.45, 7) is 4.62. The van der Waals surface area contributed by atoms with Gasteiger partial charge in [-0.3, -0.25) is 4.57 Å². The van der Waals surface area contributed by atoms with Gasteiger partial charge in [0.25, 0.3) is 0 Å². The highest BCUT2D eigenvalue weighted by Crippen LogP contribution is 2.58. The maximum atomic E-state index is 5.72. The zero-order valence-corrected chi connectivity index (χ0v) is 31.7. The molecule has 0 atom stereocenters. The Morgan fingerprint density at radius 2 is 1.04 bits per heavy atom.